The fourth-order valence-electron chi connectivity index (χ4n) is 1.42. The first-order valence-electron chi connectivity index (χ1n) is 4.19. The Hall–Kier alpha value is -0.470. The Morgan fingerprint density at radius 3 is 2.38 bits per heavy atom. The van der Waals surface area contributed by atoms with E-state index in [1.54, 1.807) is 0 Å². The third-order valence-corrected chi connectivity index (χ3v) is 2.00. The maximum Gasteiger partial charge on any atom is 0.149 e. The van der Waals surface area contributed by atoms with Crippen LogP contribution in [-0.4, -0.2) is 16.3 Å². The standard InChI is InChI=1S/C9H11N.H3O2P/c1-2-4-9-7-10-6-5-8(9)3-1;1-3-2/h1-4,10H,5-7H2;1-3H. The van der Waals surface area contributed by atoms with E-state index in [-0.39, 0.29) is 0 Å². The average Bonchev–Trinajstić information content (AvgIpc) is 2.19. The number of fused-ring (bicyclic) bond motifs is 1. The minimum atomic E-state index is -0.917. The summed E-state index contributed by atoms with van der Waals surface area (Å²) in [5, 5.41) is 3.34. The van der Waals surface area contributed by atoms with Gasteiger partial charge in [0.05, 0.1) is 0 Å². The SMILES string of the molecule is OPO.c1ccc2c(c1)CCNC2. The Morgan fingerprint density at radius 2 is 1.77 bits per heavy atom. The van der Waals surface area contributed by atoms with Gasteiger partial charge in [-0.25, -0.2) is 0 Å². The number of hydrogen-bond donors (Lipinski definition) is 3. The predicted molar refractivity (Wildman–Crippen MR) is 54.6 cm³/mol. The van der Waals surface area contributed by atoms with Crippen LogP contribution in [0.15, 0.2) is 24.3 Å². The quantitative estimate of drug-likeness (QED) is 0.542. The van der Waals surface area contributed by atoms with Crippen LogP contribution in [-0.2, 0) is 13.0 Å². The molecule has 0 saturated carbocycles. The van der Waals surface area contributed by atoms with E-state index < -0.39 is 9.03 Å². The molecule has 0 atom stereocenters. The zero-order chi connectivity index (χ0) is 9.52. The molecule has 0 amide bonds. The summed E-state index contributed by atoms with van der Waals surface area (Å²) < 4.78 is 0. The van der Waals surface area contributed by atoms with E-state index >= 15 is 0 Å². The van der Waals surface area contributed by atoms with Gasteiger partial charge in [0.1, 0.15) is 9.03 Å². The Bertz CT molecular complexity index is 230. The van der Waals surface area contributed by atoms with Crippen molar-refractivity contribution < 1.29 is 9.79 Å². The van der Waals surface area contributed by atoms with Crippen LogP contribution in [0.5, 0.6) is 0 Å². The second kappa shape index (κ2) is 6.06. The van der Waals surface area contributed by atoms with Gasteiger partial charge in [0.15, 0.2) is 0 Å². The first kappa shape index (κ1) is 10.6. The molecular formula is C9H14NO2P. The molecule has 3 N–H and O–H groups in total. The van der Waals surface area contributed by atoms with E-state index in [2.05, 4.69) is 29.6 Å². The molecule has 2 rings (SSSR count). The Morgan fingerprint density at radius 1 is 1.15 bits per heavy atom. The molecule has 0 bridgehead atoms. The molecule has 1 aromatic rings. The molecular weight excluding hydrogens is 185 g/mol. The molecule has 0 spiro atoms. The molecule has 1 aliphatic heterocycles. The molecule has 4 heteroatoms. The van der Waals surface area contributed by atoms with E-state index in [9.17, 15) is 0 Å². The molecule has 3 nitrogen and oxygen atoms in total. The van der Waals surface area contributed by atoms with Crippen LogP contribution in [0.2, 0.25) is 0 Å². The van der Waals surface area contributed by atoms with Crippen LogP contribution >= 0.6 is 9.03 Å². The van der Waals surface area contributed by atoms with Crippen molar-refractivity contribution in [3.8, 4) is 0 Å². The largest absolute Gasteiger partial charge is 0.352 e. The third-order valence-electron chi connectivity index (χ3n) is 2.00. The summed E-state index contributed by atoms with van der Waals surface area (Å²) in [6.07, 6.45) is 1.19. The average molecular weight is 199 g/mol. The minimum absolute atomic E-state index is 0.917. The molecule has 13 heavy (non-hydrogen) atoms. The van der Waals surface area contributed by atoms with E-state index in [0.717, 1.165) is 13.1 Å². The Balaban J connectivity index is 0.000000251. The van der Waals surface area contributed by atoms with Gasteiger partial charge in [-0.05, 0) is 24.1 Å². The molecule has 0 unspecified atom stereocenters. The second-order valence-corrected chi connectivity index (χ2v) is 3.00. The lowest BCUT2D eigenvalue weighted by molar-refractivity contribution is 0.513. The third kappa shape index (κ3) is 3.41. The summed E-state index contributed by atoms with van der Waals surface area (Å²) in [6.45, 7) is 2.19. The van der Waals surface area contributed by atoms with Crippen LogP contribution < -0.4 is 5.32 Å². The van der Waals surface area contributed by atoms with Crippen molar-refractivity contribution in [3.63, 3.8) is 0 Å². The van der Waals surface area contributed by atoms with Gasteiger partial charge in [0, 0.05) is 6.54 Å². The number of nitrogens with one attached hydrogen (secondary N) is 1. The summed E-state index contributed by atoms with van der Waals surface area (Å²) in [4.78, 5) is 14.3. The highest BCUT2D eigenvalue weighted by molar-refractivity contribution is 7.23. The van der Waals surface area contributed by atoms with Gasteiger partial charge in [-0.3, -0.25) is 0 Å². The van der Waals surface area contributed by atoms with Gasteiger partial charge < -0.3 is 15.1 Å². The number of hydrogen-bond acceptors (Lipinski definition) is 3. The van der Waals surface area contributed by atoms with Crippen molar-refractivity contribution in [1.82, 2.24) is 5.32 Å². The molecule has 72 valence electrons. The monoisotopic (exact) mass is 199 g/mol. The maximum atomic E-state index is 7.15. The predicted octanol–water partition coefficient (Wildman–Crippen LogP) is 0.812. The molecule has 0 radical (unpaired) electrons. The first-order valence-corrected chi connectivity index (χ1v) is 5.08. The first-order chi connectivity index (χ1) is 6.38. The summed E-state index contributed by atoms with van der Waals surface area (Å²) >= 11 is 0. The van der Waals surface area contributed by atoms with Crippen LogP contribution in [0.1, 0.15) is 11.1 Å². The van der Waals surface area contributed by atoms with Gasteiger partial charge in [-0.15, -0.1) is 0 Å². The van der Waals surface area contributed by atoms with E-state index in [1.165, 1.54) is 17.5 Å². The fourth-order valence-corrected chi connectivity index (χ4v) is 1.42. The molecule has 0 saturated heterocycles. The van der Waals surface area contributed by atoms with Crippen LogP contribution in [0.4, 0.5) is 0 Å². The molecule has 1 aromatic carbocycles. The highest BCUT2D eigenvalue weighted by Crippen LogP contribution is 2.11. The zero-order valence-electron chi connectivity index (χ0n) is 7.33. The van der Waals surface area contributed by atoms with Crippen LogP contribution in [0.3, 0.4) is 0 Å². The van der Waals surface area contributed by atoms with Gasteiger partial charge in [-0.1, -0.05) is 24.3 Å². The van der Waals surface area contributed by atoms with Gasteiger partial charge in [0.2, 0.25) is 0 Å². The van der Waals surface area contributed by atoms with Crippen molar-refractivity contribution >= 4 is 9.03 Å². The van der Waals surface area contributed by atoms with Crippen LogP contribution in [0, 0.1) is 0 Å². The lowest BCUT2D eigenvalue weighted by atomic mass is 10.0. The smallest absolute Gasteiger partial charge is 0.149 e. The summed E-state index contributed by atoms with van der Waals surface area (Å²) in [7, 11) is -0.917. The molecule has 0 aromatic heterocycles. The van der Waals surface area contributed by atoms with Crippen molar-refractivity contribution in [2.75, 3.05) is 6.54 Å². The normalized spacial score (nSPS) is 14.0. The Kier molecular flexibility index (Phi) is 4.94. The van der Waals surface area contributed by atoms with E-state index in [0.29, 0.717) is 0 Å². The fraction of sp³-hybridized carbons (Fsp3) is 0.333. The van der Waals surface area contributed by atoms with Crippen molar-refractivity contribution in [2.45, 2.75) is 13.0 Å². The number of benzene rings is 1. The van der Waals surface area contributed by atoms with Crippen molar-refractivity contribution in [2.24, 2.45) is 0 Å². The van der Waals surface area contributed by atoms with E-state index in [1.807, 2.05) is 0 Å². The number of rotatable bonds is 0. The topological polar surface area (TPSA) is 52.5 Å². The lowest BCUT2D eigenvalue weighted by Gasteiger charge is -2.15. The molecule has 1 heterocycles. The summed E-state index contributed by atoms with van der Waals surface area (Å²) in [6, 6.07) is 8.63. The minimum Gasteiger partial charge on any atom is -0.352 e. The summed E-state index contributed by atoms with van der Waals surface area (Å²) in [5.41, 5.74) is 2.98. The Labute approximate surface area is 79.8 Å². The van der Waals surface area contributed by atoms with Crippen LogP contribution in [0.25, 0.3) is 0 Å². The lowest BCUT2D eigenvalue weighted by Crippen LogP contribution is -2.23. The maximum absolute atomic E-state index is 7.15. The highest BCUT2D eigenvalue weighted by atomic mass is 31.1. The molecule has 0 aliphatic carbocycles. The van der Waals surface area contributed by atoms with Gasteiger partial charge >= 0.3 is 0 Å². The van der Waals surface area contributed by atoms with Crippen molar-refractivity contribution in [3.05, 3.63) is 35.4 Å². The van der Waals surface area contributed by atoms with Gasteiger partial charge in [-0.2, -0.15) is 0 Å². The van der Waals surface area contributed by atoms with Gasteiger partial charge in [0.25, 0.3) is 0 Å². The molecule has 1 aliphatic rings. The second-order valence-electron chi connectivity index (χ2n) is 2.80. The highest BCUT2D eigenvalue weighted by Gasteiger charge is 2.05. The molecule has 0 fully saturated rings. The van der Waals surface area contributed by atoms with E-state index in [4.69, 9.17) is 9.79 Å². The van der Waals surface area contributed by atoms with Crippen molar-refractivity contribution in [1.29, 1.82) is 0 Å². The zero-order valence-corrected chi connectivity index (χ0v) is 8.33. The summed E-state index contributed by atoms with van der Waals surface area (Å²) in [5.74, 6) is 0.